The zero-order chi connectivity index (χ0) is 38.6. The SMILES string of the molecule is c1ccc(-c2cccc(N(c3ccc(-c4cccc(-c5cc6ccc7cccc8c9ccnc%10oc5c(c%109)c6c78)c4)cc3)c3ccc4oc5ccccc5c4c3)c2)cc1. The molecule has 4 heteroatoms. The normalized spacial score (nSPS) is 12.1. The Morgan fingerprint density at radius 1 is 0.356 bits per heavy atom. The van der Waals surface area contributed by atoms with Crippen molar-refractivity contribution in [3.05, 3.63) is 194 Å². The number of rotatable bonds is 6. The summed E-state index contributed by atoms with van der Waals surface area (Å²) in [7, 11) is 0. The van der Waals surface area contributed by atoms with Crippen LogP contribution in [0.4, 0.5) is 17.1 Å². The van der Waals surface area contributed by atoms with Crippen molar-refractivity contribution >= 4 is 93.4 Å². The van der Waals surface area contributed by atoms with Gasteiger partial charge in [0.2, 0.25) is 5.71 Å². The van der Waals surface area contributed by atoms with Crippen molar-refractivity contribution in [2.45, 2.75) is 0 Å². The molecule has 4 nitrogen and oxygen atoms in total. The highest BCUT2D eigenvalue weighted by Gasteiger charge is 2.24. The van der Waals surface area contributed by atoms with Gasteiger partial charge in [-0.15, -0.1) is 0 Å². The Balaban J connectivity index is 0.938. The van der Waals surface area contributed by atoms with Crippen molar-refractivity contribution < 1.29 is 8.83 Å². The molecular weight excluding hydrogens is 721 g/mol. The van der Waals surface area contributed by atoms with Crippen molar-refractivity contribution in [3.63, 3.8) is 0 Å². The van der Waals surface area contributed by atoms with Crippen LogP contribution in [0, 0.1) is 0 Å². The van der Waals surface area contributed by atoms with E-state index < -0.39 is 0 Å². The fourth-order valence-corrected chi connectivity index (χ4v) is 9.55. The summed E-state index contributed by atoms with van der Waals surface area (Å²) in [4.78, 5) is 7.05. The molecule has 0 radical (unpaired) electrons. The first-order chi connectivity index (χ1) is 29.2. The Morgan fingerprint density at radius 2 is 1.03 bits per heavy atom. The van der Waals surface area contributed by atoms with E-state index in [1.54, 1.807) is 0 Å². The van der Waals surface area contributed by atoms with Gasteiger partial charge < -0.3 is 13.7 Å². The Labute approximate surface area is 338 Å². The van der Waals surface area contributed by atoms with Crippen LogP contribution in [0.5, 0.6) is 0 Å². The number of pyridine rings is 1. The van der Waals surface area contributed by atoms with Crippen LogP contribution in [0.25, 0.3) is 110 Å². The van der Waals surface area contributed by atoms with E-state index >= 15 is 0 Å². The van der Waals surface area contributed by atoms with Gasteiger partial charge in [-0.3, -0.25) is 0 Å². The van der Waals surface area contributed by atoms with Crippen molar-refractivity contribution in [1.29, 1.82) is 0 Å². The van der Waals surface area contributed by atoms with E-state index in [1.165, 1.54) is 37.9 Å². The van der Waals surface area contributed by atoms with Crippen molar-refractivity contribution in [1.82, 2.24) is 4.98 Å². The molecule has 0 aliphatic rings. The lowest BCUT2D eigenvalue weighted by Crippen LogP contribution is -2.10. The predicted octanol–water partition coefficient (Wildman–Crippen LogP) is 15.7. The molecule has 0 spiro atoms. The van der Waals surface area contributed by atoms with Gasteiger partial charge in [0.05, 0.1) is 5.39 Å². The number of nitrogens with zero attached hydrogens (tertiary/aromatic N) is 2. The minimum atomic E-state index is 0.684. The average molecular weight is 753 g/mol. The van der Waals surface area contributed by atoms with E-state index in [1.807, 2.05) is 18.3 Å². The molecule has 3 heterocycles. The summed E-state index contributed by atoms with van der Waals surface area (Å²) in [5.41, 5.74) is 13.3. The molecule has 59 heavy (non-hydrogen) atoms. The molecule has 0 fully saturated rings. The Bertz CT molecular complexity index is 3730. The first-order valence-electron chi connectivity index (χ1n) is 20.0. The maximum absolute atomic E-state index is 6.70. The summed E-state index contributed by atoms with van der Waals surface area (Å²) in [5.74, 6) is 0. The van der Waals surface area contributed by atoms with Crippen molar-refractivity contribution in [3.8, 4) is 33.4 Å². The summed E-state index contributed by atoms with van der Waals surface area (Å²) in [6.45, 7) is 0. The van der Waals surface area contributed by atoms with Gasteiger partial charge >= 0.3 is 0 Å². The minimum absolute atomic E-state index is 0.684. The lowest BCUT2D eigenvalue weighted by Gasteiger charge is -2.26. The number of anilines is 3. The van der Waals surface area contributed by atoms with Gasteiger partial charge in [-0.05, 0) is 121 Å². The highest BCUT2D eigenvalue weighted by atomic mass is 16.3. The lowest BCUT2D eigenvalue weighted by molar-refractivity contribution is 0.655. The topological polar surface area (TPSA) is 42.4 Å². The van der Waals surface area contributed by atoms with E-state index in [0.29, 0.717) is 5.71 Å². The molecule has 0 amide bonds. The van der Waals surface area contributed by atoms with E-state index in [0.717, 1.165) is 83.2 Å². The number of fused-ring (bicyclic) bond motifs is 4. The quantitative estimate of drug-likeness (QED) is 0.125. The zero-order valence-corrected chi connectivity index (χ0v) is 31.7. The van der Waals surface area contributed by atoms with Gasteiger partial charge in [0.15, 0.2) is 0 Å². The molecule has 13 aromatic rings. The van der Waals surface area contributed by atoms with E-state index in [-0.39, 0.29) is 0 Å². The highest BCUT2D eigenvalue weighted by Crippen LogP contribution is 2.49. The van der Waals surface area contributed by atoms with Crippen LogP contribution >= 0.6 is 0 Å². The molecule has 0 saturated heterocycles. The smallest absolute Gasteiger partial charge is 0.227 e. The van der Waals surface area contributed by atoms with Crippen molar-refractivity contribution in [2.75, 3.05) is 4.90 Å². The van der Waals surface area contributed by atoms with Crippen LogP contribution in [-0.2, 0) is 0 Å². The summed E-state index contributed by atoms with van der Waals surface area (Å²) in [6.07, 6.45) is 1.87. The third-order valence-corrected chi connectivity index (χ3v) is 12.2. The molecule has 0 saturated carbocycles. The molecule has 0 atom stereocenters. The minimum Gasteiger partial charge on any atom is -0.456 e. The molecule has 13 rings (SSSR count). The molecule has 0 bridgehead atoms. The van der Waals surface area contributed by atoms with E-state index in [4.69, 9.17) is 13.8 Å². The maximum atomic E-state index is 6.70. The van der Waals surface area contributed by atoms with Crippen LogP contribution in [0.15, 0.2) is 203 Å². The van der Waals surface area contributed by atoms with Gasteiger partial charge in [0.25, 0.3) is 0 Å². The second-order valence-corrected chi connectivity index (χ2v) is 15.5. The standard InChI is InChI=1S/C55H32N2O2/c1-2-9-33(10-3-1)37-13-7-15-41(30-37)57(42-25-26-49-47(32-42)43-16-4-5-18-48(43)58-49)40-23-21-34(22-24-40)36-12-6-14-38(29-36)46-31-39-20-19-35-11-8-17-44-45-27-28-56-55-52(45)53(54(46)59-55)51(39)50(35)44/h1-32H. The summed E-state index contributed by atoms with van der Waals surface area (Å²) < 4.78 is 12.9. The Morgan fingerprint density at radius 3 is 1.95 bits per heavy atom. The monoisotopic (exact) mass is 752 g/mol. The summed E-state index contributed by atoms with van der Waals surface area (Å²) >= 11 is 0. The number of hydrogen-bond acceptors (Lipinski definition) is 4. The fourth-order valence-electron chi connectivity index (χ4n) is 9.55. The maximum Gasteiger partial charge on any atom is 0.227 e. The first kappa shape index (κ1) is 32.2. The van der Waals surface area contributed by atoms with Crippen LogP contribution in [-0.4, -0.2) is 4.98 Å². The van der Waals surface area contributed by atoms with E-state index in [2.05, 4.69) is 181 Å². The van der Waals surface area contributed by atoms with Crippen LogP contribution in [0.2, 0.25) is 0 Å². The summed E-state index contributed by atoms with van der Waals surface area (Å²) in [6, 6.07) is 67.3. The largest absolute Gasteiger partial charge is 0.456 e. The number of para-hydroxylation sites is 1. The number of furan rings is 2. The number of hydrogen-bond donors (Lipinski definition) is 0. The molecule has 0 N–H and O–H groups in total. The van der Waals surface area contributed by atoms with Gasteiger partial charge in [-0.25, -0.2) is 4.98 Å². The molecule has 0 unspecified atom stereocenters. The van der Waals surface area contributed by atoms with Crippen LogP contribution < -0.4 is 4.90 Å². The molecule has 274 valence electrons. The van der Waals surface area contributed by atoms with Crippen LogP contribution in [0.1, 0.15) is 0 Å². The Hall–Kier alpha value is -7.95. The van der Waals surface area contributed by atoms with Gasteiger partial charge in [-0.1, -0.05) is 121 Å². The predicted molar refractivity (Wildman–Crippen MR) is 245 cm³/mol. The van der Waals surface area contributed by atoms with Gasteiger partial charge in [0, 0.05) is 50.4 Å². The second-order valence-electron chi connectivity index (χ2n) is 15.5. The molecular formula is C55H32N2O2. The third kappa shape index (κ3) is 4.81. The van der Waals surface area contributed by atoms with Gasteiger partial charge in [-0.2, -0.15) is 0 Å². The fraction of sp³-hybridized carbons (Fsp3) is 0. The van der Waals surface area contributed by atoms with E-state index in [9.17, 15) is 0 Å². The average Bonchev–Trinajstić information content (AvgIpc) is 3.88. The number of aromatic nitrogens is 1. The molecule has 3 aromatic heterocycles. The second kappa shape index (κ2) is 12.3. The molecule has 0 aliphatic heterocycles. The molecule has 0 aliphatic carbocycles. The molecule has 10 aromatic carbocycles. The summed E-state index contributed by atoms with van der Waals surface area (Å²) in [5, 5.41) is 11.9. The highest BCUT2D eigenvalue weighted by molar-refractivity contribution is 6.40. The van der Waals surface area contributed by atoms with Gasteiger partial charge in [0.1, 0.15) is 16.7 Å². The van der Waals surface area contributed by atoms with Crippen molar-refractivity contribution in [2.24, 2.45) is 0 Å². The van der Waals surface area contributed by atoms with Crippen LogP contribution in [0.3, 0.4) is 0 Å². The third-order valence-electron chi connectivity index (χ3n) is 12.2. The number of benzene rings is 10. The first-order valence-corrected chi connectivity index (χ1v) is 20.0. The zero-order valence-electron chi connectivity index (χ0n) is 31.7. The Kier molecular flexibility index (Phi) is 6.69. The lowest BCUT2D eigenvalue weighted by atomic mass is 9.87.